The van der Waals surface area contributed by atoms with E-state index in [2.05, 4.69) is 51.1 Å². The maximum Gasteiger partial charge on any atom is -0.0228 e. The van der Waals surface area contributed by atoms with Gasteiger partial charge < -0.3 is 0 Å². The quantitative estimate of drug-likeness (QED) is 0.604. The third-order valence-corrected chi connectivity index (χ3v) is 2.88. The van der Waals surface area contributed by atoms with Gasteiger partial charge in [-0.25, -0.2) is 0 Å². The van der Waals surface area contributed by atoms with Gasteiger partial charge in [-0.05, 0) is 43.4 Å². The molecule has 1 aromatic rings. The summed E-state index contributed by atoms with van der Waals surface area (Å²) >= 11 is 0. The summed E-state index contributed by atoms with van der Waals surface area (Å²) in [4.78, 5) is 0. The lowest BCUT2D eigenvalue weighted by Gasteiger charge is -2.08. The molecule has 0 aliphatic heterocycles. The molecular weight excluding hydrogens is 180 g/mol. The average molecular weight is 202 g/mol. The fourth-order valence-corrected chi connectivity index (χ4v) is 1.90. The zero-order valence-corrected chi connectivity index (χ0v) is 10.2. The second-order valence-corrected chi connectivity index (χ2v) is 4.09. The molecule has 0 saturated heterocycles. The SMILES string of the molecule is C/C=C\c1cccc(CCCCC)c1C. The minimum absolute atomic E-state index is 1.23. The van der Waals surface area contributed by atoms with Crippen LogP contribution in [-0.2, 0) is 6.42 Å². The Hall–Kier alpha value is -1.04. The van der Waals surface area contributed by atoms with Crippen molar-refractivity contribution in [1.29, 1.82) is 0 Å². The zero-order valence-electron chi connectivity index (χ0n) is 10.2. The Morgan fingerprint density at radius 2 is 2.00 bits per heavy atom. The summed E-state index contributed by atoms with van der Waals surface area (Å²) in [7, 11) is 0. The van der Waals surface area contributed by atoms with Gasteiger partial charge in [0.05, 0.1) is 0 Å². The number of allylic oxidation sites excluding steroid dienone is 1. The summed E-state index contributed by atoms with van der Waals surface area (Å²) in [6.45, 7) is 6.56. The minimum atomic E-state index is 1.23. The number of unbranched alkanes of at least 4 members (excludes halogenated alkanes) is 2. The van der Waals surface area contributed by atoms with E-state index in [1.807, 2.05) is 0 Å². The van der Waals surface area contributed by atoms with E-state index in [0.29, 0.717) is 0 Å². The van der Waals surface area contributed by atoms with Gasteiger partial charge in [-0.1, -0.05) is 50.1 Å². The van der Waals surface area contributed by atoms with Crippen molar-refractivity contribution in [1.82, 2.24) is 0 Å². The average Bonchev–Trinajstić information content (AvgIpc) is 2.24. The summed E-state index contributed by atoms with van der Waals surface area (Å²) in [5.74, 6) is 0. The molecule has 0 amide bonds. The molecule has 0 aliphatic rings. The van der Waals surface area contributed by atoms with Crippen molar-refractivity contribution in [3.63, 3.8) is 0 Å². The summed E-state index contributed by atoms with van der Waals surface area (Å²) in [6, 6.07) is 6.63. The second kappa shape index (κ2) is 6.44. The highest BCUT2D eigenvalue weighted by Gasteiger charge is 2.00. The molecule has 0 aliphatic carbocycles. The van der Waals surface area contributed by atoms with Gasteiger partial charge in [0.2, 0.25) is 0 Å². The van der Waals surface area contributed by atoms with E-state index >= 15 is 0 Å². The van der Waals surface area contributed by atoms with Crippen LogP contribution in [0.3, 0.4) is 0 Å². The molecule has 0 radical (unpaired) electrons. The van der Waals surface area contributed by atoms with Crippen LogP contribution < -0.4 is 0 Å². The highest BCUT2D eigenvalue weighted by molar-refractivity contribution is 5.55. The van der Waals surface area contributed by atoms with Crippen molar-refractivity contribution >= 4 is 6.08 Å². The molecule has 0 heteroatoms. The largest absolute Gasteiger partial charge is 0.0871 e. The first-order chi connectivity index (χ1) is 7.29. The highest BCUT2D eigenvalue weighted by Crippen LogP contribution is 2.17. The van der Waals surface area contributed by atoms with Gasteiger partial charge in [-0.2, -0.15) is 0 Å². The summed E-state index contributed by atoms with van der Waals surface area (Å²) in [6.07, 6.45) is 9.49. The Balaban J connectivity index is 2.75. The molecule has 0 saturated carbocycles. The van der Waals surface area contributed by atoms with Crippen molar-refractivity contribution in [3.8, 4) is 0 Å². The maximum absolute atomic E-state index is 2.26. The van der Waals surface area contributed by atoms with Crippen LogP contribution in [0.25, 0.3) is 6.08 Å². The number of aryl methyl sites for hydroxylation is 1. The third kappa shape index (κ3) is 3.54. The van der Waals surface area contributed by atoms with Gasteiger partial charge in [0.15, 0.2) is 0 Å². The summed E-state index contributed by atoms with van der Waals surface area (Å²) < 4.78 is 0. The highest BCUT2D eigenvalue weighted by atomic mass is 14.1. The Bertz CT molecular complexity index is 321. The predicted molar refractivity (Wildman–Crippen MR) is 69.1 cm³/mol. The van der Waals surface area contributed by atoms with Gasteiger partial charge in [0.1, 0.15) is 0 Å². The lowest BCUT2D eigenvalue weighted by Crippen LogP contribution is -1.92. The number of rotatable bonds is 5. The van der Waals surface area contributed by atoms with Crippen LogP contribution in [0.2, 0.25) is 0 Å². The number of hydrogen-bond acceptors (Lipinski definition) is 0. The Morgan fingerprint density at radius 1 is 1.20 bits per heavy atom. The molecule has 0 atom stereocenters. The monoisotopic (exact) mass is 202 g/mol. The lowest BCUT2D eigenvalue weighted by molar-refractivity contribution is 0.715. The van der Waals surface area contributed by atoms with Gasteiger partial charge in [0.25, 0.3) is 0 Å². The standard InChI is InChI=1S/C15H22/c1-4-6-7-10-15-12-8-11-14(9-5-2)13(15)3/h5,8-9,11-12H,4,6-7,10H2,1-3H3/b9-5-. The van der Waals surface area contributed by atoms with Crippen LogP contribution >= 0.6 is 0 Å². The molecule has 0 nitrogen and oxygen atoms in total. The first-order valence-corrected chi connectivity index (χ1v) is 6.00. The second-order valence-electron chi connectivity index (χ2n) is 4.09. The molecule has 0 unspecified atom stereocenters. The van der Waals surface area contributed by atoms with Crippen molar-refractivity contribution < 1.29 is 0 Å². The van der Waals surface area contributed by atoms with Crippen LogP contribution in [-0.4, -0.2) is 0 Å². The Morgan fingerprint density at radius 3 is 2.67 bits per heavy atom. The topological polar surface area (TPSA) is 0 Å². The van der Waals surface area contributed by atoms with Crippen LogP contribution in [0.4, 0.5) is 0 Å². The van der Waals surface area contributed by atoms with Crippen LogP contribution in [0, 0.1) is 6.92 Å². The molecule has 0 heterocycles. The fraction of sp³-hybridized carbons (Fsp3) is 0.467. The molecule has 15 heavy (non-hydrogen) atoms. The van der Waals surface area contributed by atoms with Crippen LogP contribution in [0.1, 0.15) is 49.8 Å². The Kier molecular flexibility index (Phi) is 5.17. The minimum Gasteiger partial charge on any atom is -0.0871 e. The molecule has 0 bridgehead atoms. The van der Waals surface area contributed by atoms with Gasteiger partial charge in [-0.15, -0.1) is 0 Å². The lowest BCUT2D eigenvalue weighted by atomic mass is 9.98. The van der Waals surface area contributed by atoms with Crippen molar-refractivity contribution in [2.75, 3.05) is 0 Å². The zero-order chi connectivity index (χ0) is 11.1. The molecule has 1 aromatic carbocycles. The Labute approximate surface area is 94.0 Å². The van der Waals surface area contributed by atoms with Crippen molar-refractivity contribution in [2.45, 2.75) is 46.5 Å². The van der Waals surface area contributed by atoms with Crippen molar-refractivity contribution in [3.05, 3.63) is 41.0 Å². The van der Waals surface area contributed by atoms with Crippen LogP contribution in [0.15, 0.2) is 24.3 Å². The molecule has 0 N–H and O–H groups in total. The smallest absolute Gasteiger partial charge is 0.0228 e. The van der Waals surface area contributed by atoms with E-state index in [4.69, 9.17) is 0 Å². The first-order valence-electron chi connectivity index (χ1n) is 6.00. The van der Waals surface area contributed by atoms with E-state index < -0.39 is 0 Å². The predicted octanol–water partition coefficient (Wildman–Crippen LogP) is 4.76. The van der Waals surface area contributed by atoms with Gasteiger partial charge >= 0.3 is 0 Å². The van der Waals surface area contributed by atoms with Gasteiger partial charge in [0, 0.05) is 0 Å². The van der Waals surface area contributed by atoms with E-state index in [9.17, 15) is 0 Å². The normalized spacial score (nSPS) is 11.1. The maximum atomic E-state index is 2.26. The molecule has 82 valence electrons. The van der Waals surface area contributed by atoms with E-state index in [1.165, 1.54) is 42.4 Å². The van der Waals surface area contributed by atoms with Gasteiger partial charge in [-0.3, -0.25) is 0 Å². The van der Waals surface area contributed by atoms with E-state index in [1.54, 1.807) is 0 Å². The van der Waals surface area contributed by atoms with E-state index in [0.717, 1.165) is 0 Å². The molecule has 0 spiro atoms. The fourth-order valence-electron chi connectivity index (χ4n) is 1.90. The van der Waals surface area contributed by atoms with Crippen LogP contribution in [0.5, 0.6) is 0 Å². The third-order valence-electron chi connectivity index (χ3n) is 2.88. The summed E-state index contributed by atoms with van der Waals surface area (Å²) in [5.41, 5.74) is 4.33. The number of benzene rings is 1. The first kappa shape index (κ1) is 12.0. The number of hydrogen-bond donors (Lipinski definition) is 0. The molecule has 0 aromatic heterocycles. The molecule has 1 rings (SSSR count). The van der Waals surface area contributed by atoms with Crippen molar-refractivity contribution in [2.24, 2.45) is 0 Å². The summed E-state index contributed by atoms with van der Waals surface area (Å²) in [5, 5.41) is 0. The van der Waals surface area contributed by atoms with E-state index in [-0.39, 0.29) is 0 Å². The molecule has 0 fully saturated rings. The molecular formula is C15H22.